The molecule has 0 aliphatic carbocycles. The summed E-state index contributed by atoms with van der Waals surface area (Å²) in [4.78, 5) is 43.1. The number of hydrogen-bond acceptors (Lipinski definition) is 5. The van der Waals surface area contributed by atoms with E-state index in [0.29, 0.717) is 11.8 Å². The van der Waals surface area contributed by atoms with Gasteiger partial charge in [0, 0.05) is 27.4 Å². The minimum absolute atomic E-state index is 0.0235. The van der Waals surface area contributed by atoms with Crippen molar-refractivity contribution in [3.63, 3.8) is 0 Å². The lowest BCUT2D eigenvalue weighted by Crippen LogP contribution is -2.37. The highest BCUT2D eigenvalue weighted by Gasteiger charge is 2.36. The summed E-state index contributed by atoms with van der Waals surface area (Å²) in [6.45, 7) is 1.32. The summed E-state index contributed by atoms with van der Waals surface area (Å²) in [7, 11) is 1.12. The third kappa shape index (κ3) is 6.96. The maximum atomic E-state index is 13.8. The average molecular weight is 551 g/mol. The molecule has 0 N–H and O–H groups in total. The molecule has 1 aromatic heterocycles. The van der Waals surface area contributed by atoms with Crippen LogP contribution in [0.15, 0.2) is 66.9 Å². The molecule has 0 aliphatic heterocycles. The fourth-order valence-electron chi connectivity index (χ4n) is 3.44. The Balaban J connectivity index is 1.94. The van der Waals surface area contributed by atoms with Crippen LogP contribution in [0.25, 0.3) is 5.57 Å². The second-order valence-electron chi connectivity index (χ2n) is 7.79. The van der Waals surface area contributed by atoms with Gasteiger partial charge < -0.3 is 4.74 Å². The van der Waals surface area contributed by atoms with Gasteiger partial charge in [0.2, 0.25) is 0 Å². The van der Waals surface area contributed by atoms with Crippen molar-refractivity contribution in [1.29, 1.82) is 0 Å². The topological polar surface area (TPSA) is 76.6 Å². The van der Waals surface area contributed by atoms with Gasteiger partial charge in [-0.1, -0.05) is 35.3 Å². The molecule has 3 rings (SSSR count). The highest BCUT2D eigenvalue weighted by molar-refractivity contribution is 6.35. The van der Waals surface area contributed by atoms with Gasteiger partial charge in [-0.2, -0.15) is 13.2 Å². The zero-order chi connectivity index (χ0) is 27.3. The molecule has 11 heteroatoms. The van der Waals surface area contributed by atoms with Gasteiger partial charge in [0.05, 0.1) is 24.9 Å². The molecule has 37 heavy (non-hydrogen) atoms. The SMILES string of the molecule is COC(=O)N(Cc1ccccn1)C(=O)c1ccc(C(=O)/C=C(\c2cc(Cl)cc(Cl)c2)C(F)(F)F)cc1C. The number of methoxy groups -OCH3 is 1. The molecule has 0 saturated carbocycles. The van der Waals surface area contributed by atoms with Crippen LogP contribution in [0.3, 0.4) is 0 Å². The summed E-state index contributed by atoms with van der Waals surface area (Å²) < 4.78 is 46.0. The molecular formula is C26H19Cl2F3N2O4. The molecule has 2 amide bonds. The number of allylic oxidation sites excluding steroid dienone is 2. The number of halogens is 5. The third-order valence-electron chi connectivity index (χ3n) is 5.18. The van der Waals surface area contributed by atoms with Gasteiger partial charge >= 0.3 is 12.3 Å². The molecule has 0 spiro atoms. The van der Waals surface area contributed by atoms with Gasteiger partial charge in [0.15, 0.2) is 5.78 Å². The number of rotatable bonds is 6. The lowest BCUT2D eigenvalue weighted by Gasteiger charge is -2.20. The minimum atomic E-state index is -4.87. The number of benzene rings is 2. The van der Waals surface area contributed by atoms with Crippen molar-refractivity contribution in [3.8, 4) is 0 Å². The van der Waals surface area contributed by atoms with Crippen LogP contribution in [-0.4, -0.2) is 41.0 Å². The Labute approximate surface area is 220 Å². The van der Waals surface area contributed by atoms with E-state index >= 15 is 0 Å². The van der Waals surface area contributed by atoms with E-state index in [1.54, 1.807) is 18.2 Å². The summed E-state index contributed by atoms with van der Waals surface area (Å²) in [6.07, 6.45) is -3.85. The second kappa shape index (κ2) is 11.6. The molecule has 0 fully saturated rings. The van der Waals surface area contributed by atoms with E-state index in [9.17, 15) is 27.6 Å². The van der Waals surface area contributed by atoms with Crippen LogP contribution in [0.5, 0.6) is 0 Å². The number of amides is 2. The summed E-state index contributed by atoms with van der Waals surface area (Å²) >= 11 is 11.7. The van der Waals surface area contributed by atoms with E-state index in [0.717, 1.165) is 24.1 Å². The average Bonchev–Trinajstić information content (AvgIpc) is 2.84. The number of carbonyl (C=O) groups is 3. The van der Waals surface area contributed by atoms with Crippen LogP contribution in [-0.2, 0) is 11.3 Å². The van der Waals surface area contributed by atoms with Crippen molar-refractivity contribution in [3.05, 3.63) is 105 Å². The monoisotopic (exact) mass is 550 g/mol. The van der Waals surface area contributed by atoms with Gasteiger partial charge in [-0.15, -0.1) is 0 Å². The Morgan fingerprint density at radius 3 is 2.22 bits per heavy atom. The molecule has 192 valence electrons. The summed E-state index contributed by atoms with van der Waals surface area (Å²) in [5.74, 6) is -1.68. The molecule has 0 saturated heterocycles. The van der Waals surface area contributed by atoms with Gasteiger partial charge in [-0.05, 0) is 66.6 Å². The first-order chi connectivity index (χ1) is 17.4. The molecule has 0 aliphatic rings. The number of pyridine rings is 1. The summed E-state index contributed by atoms with van der Waals surface area (Å²) in [5.41, 5.74) is -0.954. The normalized spacial score (nSPS) is 11.7. The summed E-state index contributed by atoms with van der Waals surface area (Å²) in [6, 6.07) is 12.1. The number of ketones is 1. The van der Waals surface area contributed by atoms with E-state index < -0.39 is 29.5 Å². The van der Waals surface area contributed by atoms with Crippen molar-refractivity contribution < 1.29 is 32.3 Å². The van der Waals surface area contributed by atoms with Gasteiger partial charge in [0.1, 0.15) is 0 Å². The van der Waals surface area contributed by atoms with Crippen molar-refractivity contribution in [2.45, 2.75) is 19.6 Å². The van der Waals surface area contributed by atoms with Gasteiger partial charge in [-0.25, -0.2) is 9.69 Å². The first-order valence-corrected chi connectivity index (χ1v) is 11.4. The molecule has 0 radical (unpaired) electrons. The predicted octanol–water partition coefficient (Wildman–Crippen LogP) is 6.93. The lowest BCUT2D eigenvalue weighted by molar-refractivity contribution is -0.0689. The Hall–Kier alpha value is -3.69. The molecule has 2 aromatic carbocycles. The highest BCUT2D eigenvalue weighted by atomic mass is 35.5. The Kier molecular flexibility index (Phi) is 8.73. The van der Waals surface area contributed by atoms with Crippen LogP contribution in [0, 0.1) is 6.92 Å². The van der Waals surface area contributed by atoms with Crippen LogP contribution < -0.4 is 0 Å². The lowest BCUT2D eigenvalue weighted by atomic mass is 9.98. The predicted molar refractivity (Wildman–Crippen MR) is 133 cm³/mol. The van der Waals surface area contributed by atoms with Crippen LogP contribution in [0.1, 0.15) is 37.5 Å². The van der Waals surface area contributed by atoms with E-state index in [2.05, 4.69) is 4.98 Å². The number of carbonyl (C=O) groups excluding carboxylic acids is 3. The largest absolute Gasteiger partial charge is 0.452 e. The van der Waals surface area contributed by atoms with E-state index in [1.807, 2.05) is 0 Å². The number of alkyl halides is 3. The molecule has 6 nitrogen and oxygen atoms in total. The summed E-state index contributed by atoms with van der Waals surface area (Å²) in [5, 5.41) is -0.0469. The second-order valence-corrected chi connectivity index (χ2v) is 8.66. The van der Waals surface area contributed by atoms with Crippen molar-refractivity contribution in [2.75, 3.05) is 7.11 Å². The van der Waals surface area contributed by atoms with Gasteiger partial charge in [-0.3, -0.25) is 14.6 Å². The molecule has 3 aromatic rings. The Morgan fingerprint density at radius 1 is 1.00 bits per heavy atom. The maximum absolute atomic E-state index is 13.8. The number of hydrogen-bond donors (Lipinski definition) is 0. The fraction of sp³-hybridized carbons (Fsp3) is 0.154. The minimum Gasteiger partial charge on any atom is -0.452 e. The number of aromatic nitrogens is 1. The molecular weight excluding hydrogens is 532 g/mol. The first kappa shape index (κ1) is 27.9. The zero-order valence-electron chi connectivity index (χ0n) is 19.5. The molecule has 1 heterocycles. The third-order valence-corrected chi connectivity index (χ3v) is 5.62. The Morgan fingerprint density at radius 2 is 1.68 bits per heavy atom. The fourth-order valence-corrected chi connectivity index (χ4v) is 3.96. The van der Waals surface area contributed by atoms with Crippen molar-refractivity contribution in [1.82, 2.24) is 9.88 Å². The quantitative estimate of drug-likeness (QED) is 0.245. The van der Waals surface area contributed by atoms with Crippen LogP contribution >= 0.6 is 23.2 Å². The van der Waals surface area contributed by atoms with Crippen LogP contribution in [0.2, 0.25) is 10.0 Å². The van der Waals surface area contributed by atoms with E-state index in [-0.39, 0.29) is 38.8 Å². The number of ether oxygens (including phenoxy) is 1. The highest BCUT2D eigenvalue weighted by Crippen LogP contribution is 2.36. The zero-order valence-corrected chi connectivity index (χ0v) is 21.0. The number of nitrogens with zero attached hydrogens (tertiary/aromatic N) is 2. The van der Waals surface area contributed by atoms with E-state index in [1.165, 1.54) is 37.4 Å². The van der Waals surface area contributed by atoms with Gasteiger partial charge in [0.25, 0.3) is 5.91 Å². The maximum Gasteiger partial charge on any atom is 0.417 e. The standard InChI is InChI=1S/C26H19Cl2F3N2O4/c1-15-9-16(23(34)13-22(26(29,30)31)17-10-18(27)12-19(28)11-17)6-7-21(15)24(35)33(25(36)37-2)14-20-5-3-4-8-32-20/h3-13H,14H2,1-2H3/b22-13+. The Bertz CT molecular complexity index is 1360. The molecule has 0 atom stereocenters. The molecule has 0 bridgehead atoms. The number of imide groups is 1. The van der Waals surface area contributed by atoms with Crippen molar-refractivity contribution >= 4 is 46.6 Å². The first-order valence-electron chi connectivity index (χ1n) is 10.6. The van der Waals surface area contributed by atoms with Crippen LogP contribution in [0.4, 0.5) is 18.0 Å². The smallest absolute Gasteiger partial charge is 0.417 e. The van der Waals surface area contributed by atoms with E-state index in [4.69, 9.17) is 27.9 Å². The van der Waals surface area contributed by atoms with Crippen molar-refractivity contribution in [2.24, 2.45) is 0 Å². The number of aryl methyl sites for hydroxylation is 1. The molecule has 0 unspecified atom stereocenters.